The minimum atomic E-state index is 0.185. The van der Waals surface area contributed by atoms with Crippen molar-refractivity contribution in [2.45, 2.75) is 13.0 Å². The van der Waals surface area contributed by atoms with Crippen molar-refractivity contribution in [1.29, 1.82) is 0 Å². The minimum Gasteiger partial charge on any atom is -0.349 e. The Hall–Kier alpha value is -1.40. The highest BCUT2D eigenvalue weighted by molar-refractivity contribution is 9.10. The number of fused-ring (bicyclic) bond motifs is 3. The Morgan fingerprint density at radius 3 is 3.05 bits per heavy atom. The van der Waals surface area contributed by atoms with Crippen LogP contribution in [-0.4, -0.2) is 28.4 Å². The van der Waals surface area contributed by atoms with Crippen LogP contribution in [-0.2, 0) is 11.3 Å². The molecular formula is C15H17BrN4O. The van der Waals surface area contributed by atoms with Gasteiger partial charge in [0, 0.05) is 16.6 Å². The summed E-state index contributed by atoms with van der Waals surface area (Å²) in [4.78, 5) is 16.8. The molecule has 21 heavy (non-hydrogen) atoms. The molecule has 6 heteroatoms. The molecule has 2 fully saturated rings. The van der Waals surface area contributed by atoms with E-state index in [0.29, 0.717) is 18.4 Å². The molecule has 0 radical (unpaired) electrons. The van der Waals surface area contributed by atoms with Crippen molar-refractivity contribution in [3.8, 4) is 0 Å². The standard InChI is InChI=1S/C15H17BrN4O/c16-11-2-1-3-20-12(11)7-18-13(20)8-19-15(21)14-9-4-10(14)6-17-5-9/h1-3,7,9-10,14,17H,4-6,8H2,(H,19,21). The second-order valence-electron chi connectivity index (χ2n) is 5.94. The quantitative estimate of drug-likeness (QED) is 0.885. The first-order valence-corrected chi connectivity index (χ1v) is 8.12. The van der Waals surface area contributed by atoms with Crippen molar-refractivity contribution in [1.82, 2.24) is 20.0 Å². The Morgan fingerprint density at radius 2 is 2.29 bits per heavy atom. The molecule has 2 aromatic rings. The van der Waals surface area contributed by atoms with Gasteiger partial charge in [-0.25, -0.2) is 4.98 Å². The molecule has 1 aliphatic heterocycles. The topological polar surface area (TPSA) is 58.4 Å². The molecule has 0 spiro atoms. The van der Waals surface area contributed by atoms with Crippen LogP contribution in [0.3, 0.4) is 0 Å². The summed E-state index contributed by atoms with van der Waals surface area (Å²) in [5.41, 5.74) is 1.02. The van der Waals surface area contributed by atoms with Crippen LogP contribution in [0.25, 0.3) is 5.52 Å². The van der Waals surface area contributed by atoms with Gasteiger partial charge in [0.2, 0.25) is 5.91 Å². The average molecular weight is 349 g/mol. The van der Waals surface area contributed by atoms with Gasteiger partial charge >= 0.3 is 0 Å². The zero-order valence-electron chi connectivity index (χ0n) is 11.6. The van der Waals surface area contributed by atoms with Crippen molar-refractivity contribution in [3.63, 3.8) is 0 Å². The predicted molar refractivity (Wildman–Crippen MR) is 82.7 cm³/mol. The number of amides is 1. The monoisotopic (exact) mass is 348 g/mol. The lowest BCUT2D eigenvalue weighted by Gasteiger charge is -2.48. The third kappa shape index (κ3) is 2.17. The van der Waals surface area contributed by atoms with Crippen molar-refractivity contribution >= 4 is 27.4 Å². The number of nitrogens with zero attached hydrogens (tertiary/aromatic N) is 2. The van der Waals surface area contributed by atoms with Gasteiger partial charge in [0.05, 0.1) is 18.3 Å². The highest BCUT2D eigenvalue weighted by Gasteiger charge is 2.47. The second kappa shape index (κ2) is 5.10. The van der Waals surface area contributed by atoms with E-state index in [9.17, 15) is 4.79 Å². The highest BCUT2D eigenvalue weighted by atomic mass is 79.9. The number of aromatic nitrogens is 2. The van der Waals surface area contributed by atoms with Crippen LogP contribution in [0, 0.1) is 17.8 Å². The van der Waals surface area contributed by atoms with Gasteiger partial charge in [0.1, 0.15) is 5.82 Å². The Bertz CT molecular complexity index is 684. The van der Waals surface area contributed by atoms with E-state index in [1.54, 1.807) is 0 Å². The van der Waals surface area contributed by atoms with E-state index in [0.717, 1.165) is 28.9 Å². The lowest BCUT2D eigenvalue weighted by Crippen LogP contribution is -2.58. The first-order valence-electron chi connectivity index (χ1n) is 7.33. The average Bonchev–Trinajstić information content (AvgIpc) is 2.90. The van der Waals surface area contributed by atoms with E-state index in [-0.39, 0.29) is 11.8 Å². The number of piperidine rings is 2. The lowest BCUT2D eigenvalue weighted by molar-refractivity contribution is -0.136. The molecule has 2 N–H and O–H groups in total. The van der Waals surface area contributed by atoms with Crippen molar-refractivity contribution in [3.05, 3.63) is 34.8 Å². The Labute approximate surface area is 131 Å². The molecule has 1 saturated carbocycles. The molecule has 0 aromatic carbocycles. The molecule has 2 bridgehead atoms. The molecule has 1 saturated heterocycles. The van der Waals surface area contributed by atoms with Gasteiger partial charge in [-0.3, -0.25) is 4.79 Å². The predicted octanol–water partition coefficient (Wildman–Crippen LogP) is 1.57. The first-order chi connectivity index (χ1) is 10.2. The first kappa shape index (κ1) is 13.3. The van der Waals surface area contributed by atoms with Crippen molar-refractivity contribution in [2.75, 3.05) is 13.1 Å². The van der Waals surface area contributed by atoms with Crippen LogP contribution in [0.1, 0.15) is 12.2 Å². The summed E-state index contributed by atoms with van der Waals surface area (Å²) in [7, 11) is 0. The smallest absolute Gasteiger partial charge is 0.224 e. The maximum absolute atomic E-state index is 12.4. The van der Waals surface area contributed by atoms with Crippen molar-refractivity contribution in [2.24, 2.45) is 17.8 Å². The maximum Gasteiger partial charge on any atom is 0.224 e. The van der Waals surface area contributed by atoms with Crippen LogP contribution in [0.2, 0.25) is 0 Å². The number of hydrogen-bond donors (Lipinski definition) is 2. The van der Waals surface area contributed by atoms with Crippen LogP contribution in [0.4, 0.5) is 0 Å². The van der Waals surface area contributed by atoms with E-state index in [1.807, 2.05) is 28.9 Å². The number of hydrogen-bond acceptors (Lipinski definition) is 3. The van der Waals surface area contributed by atoms with Crippen LogP contribution in [0.15, 0.2) is 29.0 Å². The number of pyridine rings is 1. The van der Waals surface area contributed by atoms with Gasteiger partial charge in [0.15, 0.2) is 0 Å². The Morgan fingerprint density at radius 1 is 1.48 bits per heavy atom. The third-order valence-corrected chi connectivity index (χ3v) is 5.42. The minimum absolute atomic E-state index is 0.185. The number of imidazole rings is 1. The third-order valence-electron chi connectivity index (χ3n) is 4.75. The molecule has 2 aliphatic rings. The van der Waals surface area contributed by atoms with Gasteiger partial charge in [-0.1, -0.05) is 0 Å². The molecule has 2 unspecified atom stereocenters. The summed E-state index contributed by atoms with van der Waals surface area (Å²) in [5, 5.41) is 6.43. The molecule has 110 valence electrons. The molecule has 1 amide bonds. The molecule has 5 nitrogen and oxygen atoms in total. The van der Waals surface area contributed by atoms with Crippen LogP contribution < -0.4 is 10.6 Å². The number of nitrogens with one attached hydrogen (secondary N) is 2. The molecular weight excluding hydrogens is 332 g/mol. The SMILES string of the molecule is O=C(NCc1ncc2c(Br)cccn12)C1C2CNCC1C2. The zero-order valence-corrected chi connectivity index (χ0v) is 13.1. The summed E-state index contributed by atoms with van der Waals surface area (Å²) in [6.45, 7) is 2.44. The fraction of sp³-hybridized carbons (Fsp3) is 0.467. The number of carbonyl (C=O) groups excluding carboxylic acids is 1. The highest BCUT2D eigenvalue weighted by Crippen LogP contribution is 2.42. The van der Waals surface area contributed by atoms with E-state index in [4.69, 9.17) is 0 Å². The Balaban J connectivity index is 1.46. The molecule has 3 heterocycles. The summed E-state index contributed by atoms with van der Waals surface area (Å²) in [6, 6.07) is 3.95. The molecule has 4 rings (SSSR count). The normalized spacial score (nSPS) is 27.4. The van der Waals surface area contributed by atoms with E-state index in [1.165, 1.54) is 6.42 Å². The largest absolute Gasteiger partial charge is 0.349 e. The molecule has 2 atom stereocenters. The van der Waals surface area contributed by atoms with E-state index >= 15 is 0 Å². The Kier molecular flexibility index (Phi) is 3.23. The number of rotatable bonds is 3. The summed E-state index contributed by atoms with van der Waals surface area (Å²) in [5.74, 6) is 2.29. The fourth-order valence-electron chi connectivity index (χ4n) is 3.63. The maximum atomic E-state index is 12.4. The second-order valence-corrected chi connectivity index (χ2v) is 6.80. The van der Waals surface area contributed by atoms with Gasteiger partial charge in [0.25, 0.3) is 0 Å². The molecule has 2 aromatic heterocycles. The number of halogens is 1. The van der Waals surface area contributed by atoms with Crippen LogP contribution >= 0.6 is 15.9 Å². The van der Waals surface area contributed by atoms with Gasteiger partial charge in [-0.15, -0.1) is 0 Å². The van der Waals surface area contributed by atoms with Gasteiger partial charge in [-0.2, -0.15) is 0 Å². The fourth-order valence-corrected chi connectivity index (χ4v) is 4.08. The van der Waals surface area contributed by atoms with Crippen LogP contribution in [0.5, 0.6) is 0 Å². The zero-order chi connectivity index (χ0) is 14.4. The van der Waals surface area contributed by atoms with Gasteiger partial charge < -0.3 is 15.0 Å². The summed E-state index contributed by atoms with van der Waals surface area (Å²) < 4.78 is 3.02. The van der Waals surface area contributed by atoms with Crippen molar-refractivity contribution < 1.29 is 4.79 Å². The van der Waals surface area contributed by atoms with E-state index in [2.05, 4.69) is 31.5 Å². The van der Waals surface area contributed by atoms with E-state index < -0.39 is 0 Å². The number of carbonyl (C=O) groups is 1. The lowest BCUT2D eigenvalue weighted by atomic mass is 9.62. The van der Waals surface area contributed by atoms with Gasteiger partial charge in [-0.05, 0) is 59.4 Å². The summed E-state index contributed by atoms with van der Waals surface area (Å²) in [6.07, 6.45) is 4.99. The summed E-state index contributed by atoms with van der Waals surface area (Å²) >= 11 is 3.51. The molecule has 1 aliphatic carbocycles.